The van der Waals surface area contributed by atoms with E-state index in [0.29, 0.717) is 0 Å². The molecule has 108 valence electrons. The summed E-state index contributed by atoms with van der Waals surface area (Å²) in [4.78, 5) is 14.1. The van der Waals surface area contributed by atoms with E-state index in [-0.39, 0.29) is 6.42 Å². The van der Waals surface area contributed by atoms with Gasteiger partial charge in [-0.2, -0.15) is 0 Å². The second-order valence-electron chi connectivity index (χ2n) is 4.95. The van der Waals surface area contributed by atoms with E-state index >= 15 is 0 Å². The summed E-state index contributed by atoms with van der Waals surface area (Å²) in [5.74, 6) is -0.826. The normalized spacial score (nSPS) is 12.2. The Morgan fingerprint density at radius 3 is 2.81 bits per heavy atom. The van der Waals surface area contributed by atoms with Crippen molar-refractivity contribution in [3.63, 3.8) is 0 Å². The molecule has 3 heteroatoms. The summed E-state index contributed by atoms with van der Waals surface area (Å²) in [6.45, 7) is 7.77. The monoisotopic (exact) mass is 281 g/mol. The molecule has 0 aliphatic rings. The molecule has 3 nitrogen and oxygen atoms in total. The van der Waals surface area contributed by atoms with Gasteiger partial charge >= 0.3 is 5.97 Å². The molecule has 0 atom stereocenters. The second kappa shape index (κ2) is 6.27. The van der Waals surface area contributed by atoms with E-state index in [1.165, 1.54) is 0 Å². The molecule has 0 fully saturated rings. The topological polar surface area (TPSA) is 53.1 Å². The first-order chi connectivity index (χ1) is 10.1. The van der Waals surface area contributed by atoms with Gasteiger partial charge in [-0.25, -0.2) is 0 Å². The molecular weight excluding hydrogens is 262 g/mol. The number of H-pyrrole nitrogens is 1. The molecule has 0 unspecified atom stereocenters. The van der Waals surface area contributed by atoms with Gasteiger partial charge in [-0.15, -0.1) is 0 Å². The summed E-state index contributed by atoms with van der Waals surface area (Å²) in [6.07, 6.45) is 9.51. The van der Waals surface area contributed by atoms with E-state index < -0.39 is 5.97 Å². The van der Waals surface area contributed by atoms with Crippen LogP contribution in [0.2, 0.25) is 0 Å². The maximum Gasteiger partial charge on any atom is 0.307 e. The molecule has 2 aromatic rings. The number of aromatic nitrogens is 1. The van der Waals surface area contributed by atoms with Gasteiger partial charge in [-0.3, -0.25) is 4.79 Å². The molecule has 0 bridgehead atoms. The number of fused-ring (bicyclic) bond motifs is 1. The molecule has 0 amide bonds. The highest BCUT2D eigenvalue weighted by Crippen LogP contribution is 2.28. The van der Waals surface area contributed by atoms with Crippen LogP contribution in [0.1, 0.15) is 23.6 Å². The summed E-state index contributed by atoms with van der Waals surface area (Å²) < 4.78 is 0. The molecule has 1 aromatic heterocycles. The first-order valence-corrected chi connectivity index (χ1v) is 6.85. The smallest absolute Gasteiger partial charge is 0.307 e. The fraction of sp³-hybridized carbons (Fsp3) is 0.167. The van der Waals surface area contributed by atoms with Gasteiger partial charge in [-0.1, -0.05) is 30.9 Å². The Kier molecular flexibility index (Phi) is 4.43. The average molecular weight is 281 g/mol. The SMILES string of the molecule is C=C/C=C(\C=C/C)c1cc2c(CC(=O)O)c[nH]c2cc1C. The lowest BCUT2D eigenvalue weighted by molar-refractivity contribution is -0.136. The maximum atomic E-state index is 11.0. The lowest BCUT2D eigenvalue weighted by atomic mass is 9.96. The third-order valence-electron chi connectivity index (χ3n) is 3.41. The lowest BCUT2D eigenvalue weighted by Crippen LogP contribution is -1.99. The number of hydrogen-bond acceptors (Lipinski definition) is 1. The Balaban J connectivity index is 2.63. The predicted molar refractivity (Wildman–Crippen MR) is 87.4 cm³/mol. The van der Waals surface area contributed by atoms with Gasteiger partial charge in [0.25, 0.3) is 0 Å². The van der Waals surface area contributed by atoms with Crippen molar-refractivity contribution < 1.29 is 9.90 Å². The van der Waals surface area contributed by atoms with Crippen LogP contribution in [0.15, 0.2) is 49.2 Å². The van der Waals surface area contributed by atoms with Crippen LogP contribution >= 0.6 is 0 Å². The number of aryl methyl sites for hydroxylation is 1. The fourth-order valence-electron chi connectivity index (χ4n) is 2.50. The van der Waals surface area contributed by atoms with Crippen LogP contribution in [0.4, 0.5) is 0 Å². The van der Waals surface area contributed by atoms with Gasteiger partial charge in [0.15, 0.2) is 0 Å². The highest BCUT2D eigenvalue weighted by Gasteiger charge is 2.11. The van der Waals surface area contributed by atoms with Gasteiger partial charge in [0, 0.05) is 17.1 Å². The first-order valence-electron chi connectivity index (χ1n) is 6.85. The zero-order valence-corrected chi connectivity index (χ0v) is 12.3. The minimum atomic E-state index is -0.826. The van der Waals surface area contributed by atoms with E-state index in [0.717, 1.165) is 33.2 Å². The minimum absolute atomic E-state index is 0.0205. The number of aliphatic carboxylic acids is 1. The van der Waals surface area contributed by atoms with Crippen LogP contribution in [0.25, 0.3) is 16.5 Å². The van der Waals surface area contributed by atoms with Gasteiger partial charge in [0.2, 0.25) is 0 Å². The van der Waals surface area contributed by atoms with Crippen LogP contribution in [-0.2, 0) is 11.2 Å². The quantitative estimate of drug-likeness (QED) is 0.805. The summed E-state index contributed by atoms with van der Waals surface area (Å²) in [6, 6.07) is 4.10. The van der Waals surface area contributed by atoms with Crippen molar-refractivity contribution in [1.82, 2.24) is 4.98 Å². The van der Waals surface area contributed by atoms with Crippen LogP contribution in [0.3, 0.4) is 0 Å². The third-order valence-corrected chi connectivity index (χ3v) is 3.41. The van der Waals surface area contributed by atoms with Crippen LogP contribution < -0.4 is 0 Å². The van der Waals surface area contributed by atoms with Crippen LogP contribution in [0.5, 0.6) is 0 Å². The summed E-state index contributed by atoms with van der Waals surface area (Å²) in [5.41, 5.74) is 5.06. The Hall–Kier alpha value is -2.55. The molecule has 2 rings (SSSR count). The molecule has 21 heavy (non-hydrogen) atoms. The van der Waals surface area contributed by atoms with Gasteiger partial charge < -0.3 is 10.1 Å². The molecule has 0 saturated heterocycles. The zero-order chi connectivity index (χ0) is 15.4. The predicted octanol–water partition coefficient (Wildman–Crippen LogP) is 4.25. The third kappa shape index (κ3) is 3.14. The van der Waals surface area contributed by atoms with E-state index in [1.54, 1.807) is 12.3 Å². The van der Waals surface area contributed by atoms with Crippen LogP contribution in [-0.4, -0.2) is 16.1 Å². The fourth-order valence-corrected chi connectivity index (χ4v) is 2.50. The van der Waals surface area contributed by atoms with Crippen molar-refractivity contribution in [2.24, 2.45) is 0 Å². The van der Waals surface area contributed by atoms with Crippen LogP contribution in [0, 0.1) is 6.92 Å². The highest BCUT2D eigenvalue weighted by molar-refractivity contribution is 5.92. The second-order valence-corrected chi connectivity index (χ2v) is 4.95. The molecule has 2 N–H and O–H groups in total. The Morgan fingerprint density at radius 2 is 2.19 bits per heavy atom. The number of carboxylic acids is 1. The Labute approximate surface area is 124 Å². The van der Waals surface area contributed by atoms with Crippen molar-refractivity contribution >= 4 is 22.4 Å². The van der Waals surface area contributed by atoms with E-state index in [1.807, 2.05) is 32.1 Å². The molecule has 1 heterocycles. The lowest BCUT2D eigenvalue weighted by Gasteiger charge is -2.08. The van der Waals surface area contributed by atoms with Crippen molar-refractivity contribution in [3.8, 4) is 0 Å². The van der Waals surface area contributed by atoms with E-state index in [4.69, 9.17) is 5.11 Å². The number of benzene rings is 1. The van der Waals surface area contributed by atoms with Gasteiger partial charge in [0.05, 0.1) is 6.42 Å². The van der Waals surface area contributed by atoms with Gasteiger partial charge in [0.1, 0.15) is 0 Å². The van der Waals surface area contributed by atoms with Crippen molar-refractivity contribution in [1.29, 1.82) is 0 Å². The number of allylic oxidation sites excluding steroid dienone is 5. The molecule has 1 aromatic carbocycles. The van der Waals surface area contributed by atoms with E-state index in [2.05, 4.69) is 23.7 Å². The molecule has 0 aliphatic carbocycles. The standard InChI is InChI=1S/C18H19NO2/c1-4-6-13(7-5-2)15-10-16-14(9-18(20)21)11-19-17(16)8-12(15)3/h4-8,10-11,19H,1,9H2,2-3H3,(H,20,21)/b7-5-,13-6+. The largest absolute Gasteiger partial charge is 0.481 e. The van der Waals surface area contributed by atoms with Crippen molar-refractivity contribution in [3.05, 3.63) is 65.9 Å². The average Bonchev–Trinajstić information content (AvgIpc) is 2.79. The van der Waals surface area contributed by atoms with Crippen molar-refractivity contribution in [2.45, 2.75) is 20.3 Å². The minimum Gasteiger partial charge on any atom is -0.481 e. The molecule has 0 aliphatic heterocycles. The maximum absolute atomic E-state index is 11.0. The first kappa shape index (κ1) is 14.9. The Bertz CT molecular complexity index is 748. The van der Waals surface area contributed by atoms with E-state index in [9.17, 15) is 4.79 Å². The number of rotatable bonds is 5. The highest BCUT2D eigenvalue weighted by atomic mass is 16.4. The summed E-state index contributed by atoms with van der Waals surface area (Å²) in [7, 11) is 0. The number of hydrogen-bond donors (Lipinski definition) is 2. The zero-order valence-electron chi connectivity index (χ0n) is 12.3. The molecule has 0 radical (unpaired) electrons. The Morgan fingerprint density at radius 1 is 1.43 bits per heavy atom. The molecular formula is C18H19NO2. The van der Waals surface area contributed by atoms with Crippen molar-refractivity contribution in [2.75, 3.05) is 0 Å². The number of carboxylic acid groups (broad SMARTS) is 1. The molecule has 0 spiro atoms. The van der Waals surface area contributed by atoms with Gasteiger partial charge in [-0.05, 0) is 48.2 Å². The number of aromatic amines is 1. The number of carbonyl (C=O) groups is 1. The number of nitrogens with one attached hydrogen (secondary N) is 1. The molecule has 0 saturated carbocycles. The summed E-state index contributed by atoms with van der Waals surface area (Å²) >= 11 is 0. The summed E-state index contributed by atoms with van der Waals surface area (Å²) in [5, 5.41) is 9.95.